The van der Waals surface area contributed by atoms with Crippen molar-refractivity contribution in [3.05, 3.63) is 28.1 Å². The van der Waals surface area contributed by atoms with Crippen LogP contribution in [0, 0.1) is 15.9 Å². The molecular formula is C16H25FN4O3. The monoisotopic (exact) mass is 340 g/mol. The quantitative estimate of drug-likeness (QED) is 0.606. The third kappa shape index (κ3) is 4.78. The van der Waals surface area contributed by atoms with Crippen molar-refractivity contribution in [3.63, 3.8) is 0 Å². The van der Waals surface area contributed by atoms with Crippen molar-refractivity contribution >= 4 is 11.4 Å². The molecule has 0 saturated carbocycles. The summed E-state index contributed by atoms with van der Waals surface area (Å²) in [5.74, 6) is -0.722. The van der Waals surface area contributed by atoms with E-state index >= 15 is 0 Å². The summed E-state index contributed by atoms with van der Waals surface area (Å²) in [7, 11) is 5.45. The van der Waals surface area contributed by atoms with Gasteiger partial charge in [-0.15, -0.1) is 0 Å². The van der Waals surface area contributed by atoms with Crippen molar-refractivity contribution in [3.8, 4) is 5.75 Å². The fourth-order valence-corrected chi connectivity index (χ4v) is 2.83. The predicted octanol–water partition coefficient (Wildman–Crippen LogP) is 2.18. The molecule has 7 nitrogen and oxygen atoms in total. The predicted molar refractivity (Wildman–Crippen MR) is 91.2 cm³/mol. The van der Waals surface area contributed by atoms with Crippen LogP contribution in [0.5, 0.6) is 5.75 Å². The van der Waals surface area contributed by atoms with Crippen LogP contribution in [0.3, 0.4) is 0 Å². The van der Waals surface area contributed by atoms with Crippen molar-refractivity contribution in [1.29, 1.82) is 0 Å². The third-order valence-electron chi connectivity index (χ3n) is 4.28. The number of hydrogen-bond acceptors (Lipinski definition) is 6. The molecule has 1 fully saturated rings. The van der Waals surface area contributed by atoms with Crippen LogP contribution < -0.4 is 10.1 Å². The molecule has 24 heavy (non-hydrogen) atoms. The first-order valence-corrected chi connectivity index (χ1v) is 8.06. The average Bonchev–Trinajstić information content (AvgIpc) is 2.55. The Labute approximate surface area is 141 Å². The van der Waals surface area contributed by atoms with Crippen LogP contribution in [0.1, 0.15) is 12.8 Å². The minimum absolute atomic E-state index is 0.00604. The number of rotatable bonds is 7. The summed E-state index contributed by atoms with van der Waals surface area (Å²) in [5.41, 5.74) is 0.0494. The zero-order valence-electron chi connectivity index (χ0n) is 14.4. The van der Waals surface area contributed by atoms with E-state index in [1.807, 2.05) is 0 Å². The highest BCUT2D eigenvalue weighted by atomic mass is 19.1. The largest absolute Gasteiger partial charge is 0.494 e. The number of nitrogens with zero attached hydrogens (tertiary/aromatic N) is 3. The van der Waals surface area contributed by atoms with Crippen LogP contribution >= 0.6 is 0 Å². The van der Waals surface area contributed by atoms with E-state index in [1.165, 1.54) is 13.2 Å². The molecule has 1 N–H and O–H groups in total. The number of likely N-dealkylation sites (N-methyl/N-ethyl adjacent to an activating group) is 1. The van der Waals surface area contributed by atoms with Crippen LogP contribution in [0.4, 0.5) is 15.8 Å². The van der Waals surface area contributed by atoms with Gasteiger partial charge in [-0.3, -0.25) is 10.1 Å². The molecule has 2 rings (SSSR count). The van der Waals surface area contributed by atoms with Crippen molar-refractivity contribution in [2.75, 3.05) is 52.7 Å². The lowest BCUT2D eigenvalue weighted by Crippen LogP contribution is -2.41. The number of nitro groups is 1. The van der Waals surface area contributed by atoms with Crippen LogP contribution in [0.2, 0.25) is 0 Å². The van der Waals surface area contributed by atoms with E-state index in [2.05, 4.69) is 29.2 Å². The third-order valence-corrected chi connectivity index (χ3v) is 4.28. The smallest absolute Gasteiger partial charge is 0.295 e. The second-order valence-electron chi connectivity index (χ2n) is 6.32. The van der Waals surface area contributed by atoms with Crippen molar-refractivity contribution in [2.45, 2.75) is 18.9 Å². The molecule has 1 aromatic rings. The summed E-state index contributed by atoms with van der Waals surface area (Å²) < 4.78 is 18.6. The number of likely N-dealkylation sites (tertiary alicyclic amines) is 1. The number of benzene rings is 1. The molecule has 1 heterocycles. The summed E-state index contributed by atoms with van der Waals surface area (Å²) >= 11 is 0. The SMILES string of the molecule is COc1cc(NC2CCN(CCN(C)C)CC2)c([N+](=O)[O-])cc1F. The molecule has 0 aliphatic carbocycles. The second kappa shape index (κ2) is 8.25. The lowest BCUT2D eigenvalue weighted by molar-refractivity contribution is -0.384. The highest BCUT2D eigenvalue weighted by molar-refractivity contribution is 5.65. The van der Waals surface area contributed by atoms with E-state index in [0.29, 0.717) is 5.69 Å². The molecule has 0 aromatic heterocycles. The Hall–Kier alpha value is -1.93. The topological polar surface area (TPSA) is 70.9 Å². The highest BCUT2D eigenvalue weighted by Gasteiger charge is 2.24. The average molecular weight is 340 g/mol. The van der Waals surface area contributed by atoms with E-state index in [4.69, 9.17) is 4.74 Å². The minimum Gasteiger partial charge on any atom is -0.494 e. The fraction of sp³-hybridized carbons (Fsp3) is 0.625. The zero-order chi connectivity index (χ0) is 17.7. The van der Waals surface area contributed by atoms with Gasteiger partial charge in [0.15, 0.2) is 11.6 Å². The van der Waals surface area contributed by atoms with E-state index in [0.717, 1.165) is 45.1 Å². The molecule has 0 unspecified atom stereocenters. The number of methoxy groups -OCH3 is 1. The molecule has 1 aliphatic rings. The maximum atomic E-state index is 13.7. The van der Waals surface area contributed by atoms with E-state index < -0.39 is 10.7 Å². The van der Waals surface area contributed by atoms with E-state index in [9.17, 15) is 14.5 Å². The Balaban J connectivity index is 2.00. The molecule has 134 valence electrons. The van der Waals surface area contributed by atoms with Gasteiger partial charge in [0, 0.05) is 38.3 Å². The number of halogens is 1. The Kier molecular flexibility index (Phi) is 6.33. The van der Waals surface area contributed by atoms with Gasteiger partial charge in [0.2, 0.25) is 0 Å². The van der Waals surface area contributed by atoms with Crippen molar-refractivity contribution < 1.29 is 14.1 Å². The minimum atomic E-state index is -0.728. The first-order valence-electron chi connectivity index (χ1n) is 8.06. The maximum Gasteiger partial charge on any atom is 0.295 e. The molecule has 1 aromatic carbocycles. The Bertz CT molecular complexity index is 575. The van der Waals surface area contributed by atoms with Gasteiger partial charge in [-0.25, -0.2) is 4.39 Å². The number of ether oxygens (including phenoxy) is 1. The Morgan fingerprint density at radius 3 is 2.62 bits per heavy atom. The van der Waals surface area contributed by atoms with Crippen LogP contribution in [-0.2, 0) is 0 Å². The molecule has 8 heteroatoms. The number of nitro benzene ring substituents is 1. The van der Waals surface area contributed by atoms with Gasteiger partial charge >= 0.3 is 0 Å². The highest BCUT2D eigenvalue weighted by Crippen LogP contribution is 2.33. The first kappa shape index (κ1) is 18.4. The molecular weight excluding hydrogens is 315 g/mol. The molecule has 1 aliphatic heterocycles. The van der Waals surface area contributed by atoms with Gasteiger partial charge in [0.25, 0.3) is 5.69 Å². The van der Waals surface area contributed by atoms with E-state index in [-0.39, 0.29) is 17.5 Å². The van der Waals surface area contributed by atoms with Gasteiger partial charge in [0.05, 0.1) is 18.1 Å². The molecule has 0 radical (unpaired) electrons. The molecule has 1 saturated heterocycles. The number of nitrogens with one attached hydrogen (secondary N) is 1. The summed E-state index contributed by atoms with van der Waals surface area (Å²) in [5, 5.41) is 14.4. The summed E-state index contributed by atoms with van der Waals surface area (Å²) in [6, 6.07) is 2.41. The zero-order valence-corrected chi connectivity index (χ0v) is 14.4. The Morgan fingerprint density at radius 2 is 2.08 bits per heavy atom. The van der Waals surface area contributed by atoms with Gasteiger partial charge < -0.3 is 19.9 Å². The maximum absolute atomic E-state index is 13.7. The summed E-state index contributed by atoms with van der Waals surface area (Å²) in [4.78, 5) is 15.1. The standard InChI is InChI=1S/C16H25FN4O3/c1-19(2)8-9-20-6-4-12(5-7-20)18-14-11-16(24-3)13(17)10-15(14)21(22)23/h10-12,18H,4-9H2,1-3H3. The van der Waals surface area contributed by atoms with Gasteiger partial charge in [-0.2, -0.15) is 0 Å². The second-order valence-corrected chi connectivity index (χ2v) is 6.32. The van der Waals surface area contributed by atoms with Crippen LogP contribution in [0.15, 0.2) is 12.1 Å². The van der Waals surface area contributed by atoms with E-state index in [1.54, 1.807) is 0 Å². The van der Waals surface area contributed by atoms with Crippen molar-refractivity contribution in [2.24, 2.45) is 0 Å². The molecule has 0 atom stereocenters. The lowest BCUT2D eigenvalue weighted by Gasteiger charge is -2.33. The number of piperidine rings is 1. The lowest BCUT2D eigenvalue weighted by atomic mass is 10.0. The number of anilines is 1. The Morgan fingerprint density at radius 1 is 1.42 bits per heavy atom. The molecule has 0 amide bonds. The van der Waals surface area contributed by atoms with Crippen LogP contribution in [-0.4, -0.2) is 68.1 Å². The normalized spacial score (nSPS) is 16.4. The molecule has 0 spiro atoms. The fourth-order valence-electron chi connectivity index (χ4n) is 2.83. The van der Waals surface area contributed by atoms with Crippen molar-refractivity contribution in [1.82, 2.24) is 9.80 Å². The molecule has 0 bridgehead atoms. The van der Waals surface area contributed by atoms with Gasteiger partial charge in [0.1, 0.15) is 5.69 Å². The first-order chi connectivity index (χ1) is 11.4. The summed E-state index contributed by atoms with van der Waals surface area (Å²) in [6.07, 6.45) is 1.79. The summed E-state index contributed by atoms with van der Waals surface area (Å²) in [6.45, 7) is 3.91. The van der Waals surface area contributed by atoms with Gasteiger partial charge in [-0.1, -0.05) is 0 Å². The van der Waals surface area contributed by atoms with Gasteiger partial charge in [-0.05, 0) is 26.9 Å². The number of hydrogen-bond donors (Lipinski definition) is 1. The van der Waals surface area contributed by atoms with Crippen LogP contribution in [0.25, 0.3) is 0 Å².